The molecule has 122 valence electrons. The van der Waals surface area contributed by atoms with Gasteiger partial charge in [-0.3, -0.25) is 9.69 Å². The number of nitrogens with zero attached hydrogens (tertiary/aromatic N) is 2. The van der Waals surface area contributed by atoms with Crippen LogP contribution in [0.4, 0.5) is 0 Å². The van der Waals surface area contributed by atoms with Crippen LogP contribution in [0.25, 0.3) is 0 Å². The SMILES string of the molecule is CC(C)c1cc(C(=O)NCC2(CN3CCOCC3)CC2)no1. The van der Waals surface area contributed by atoms with Crippen molar-refractivity contribution in [2.45, 2.75) is 32.6 Å². The van der Waals surface area contributed by atoms with Crippen molar-refractivity contribution in [3.63, 3.8) is 0 Å². The first kappa shape index (κ1) is 15.5. The number of ether oxygens (including phenoxy) is 1. The molecule has 2 aliphatic rings. The third-order valence-corrected chi connectivity index (χ3v) is 4.57. The molecule has 0 radical (unpaired) electrons. The normalized spacial score (nSPS) is 21.0. The van der Waals surface area contributed by atoms with Gasteiger partial charge in [0.05, 0.1) is 13.2 Å². The van der Waals surface area contributed by atoms with Crippen LogP contribution in [-0.2, 0) is 4.74 Å². The molecule has 1 N–H and O–H groups in total. The molecule has 0 unspecified atom stereocenters. The molecule has 2 fully saturated rings. The maximum Gasteiger partial charge on any atom is 0.273 e. The minimum atomic E-state index is -0.135. The van der Waals surface area contributed by atoms with Crippen molar-refractivity contribution in [3.05, 3.63) is 17.5 Å². The monoisotopic (exact) mass is 307 g/mol. The van der Waals surface area contributed by atoms with Crippen LogP contribution in [-0.4, -0.2) is 55.4 Å². The van der Waals surface area contributed by atoms with Gasteiger partial charge in [-0.15, -0.1) is 0 Å². The topological polar surface area (TPSA) is 67.6 Å². The summed E-state index contributed by atoms with van der Waals surface area (Å²) in [5, 5.41) is 6.88. The van der Waals surface area contributed by atoms with Crippen LogP contribution in [0.5, 0.6) is 0 Å². The Hall–Kier alpha value is -1.40. The van der Waals surface area contributed by atoms with Crippen molar-refractivity contribution in [3.8, 4) is 0 Å². The Morgan fingerprint density at radius 1 is 1.41 bits per heavy atom. The molecule has 1 saturated carbocycles. The van der Waals surface area contributed by atoms with Crippen molar-refractivity contribution in [2.24, 2.45) is 5.41 Å². The number of morpholine rings is 1. The summed E-state index contributed by atoms with van der Waals surface area (Å²) < 4.78 is 10.6. The van der Waals surface area contributed by atoms with E-state index in [2.05, 4.69) is 15.4 Å². The number of carbonyl (C=O) groups is 1. The number of rotatable bonds is 6. The number of hydrogen-bond donors (Lipinski definition) is 1. The van der Waals surface area contributed by atoms with Crippen molar-refractivity contribution >= 4 is 5.91 Å². The first-order valence-corrected chi connectivity index (χ1v) is 8.13. The van der Waals surface area contributed by atoms with Crippen molar-refractivity contribution in [1.29, 1.82) is 0 Å². The molecule has 0 spiro atoms. The molecule has 3 rings (SSSR count). The van der Waals surface area contributed by atoms with Gasteiger partial charge in [-0.2, -0.15) is 0 Å². The van der Waals surface area contributed by atoms with E-state index in [4.69, 9.17) is 9.26 Å². The molecule has 1 aliphatic carbocycles. The molecule has 1 saturated heterocycles. The third kappa shape index (κ3) is 3.67. The molecule has 22 heavy (non-hydrogen) atoms. The van der Waals surface area contributed by atoms with Crippen molar-refractivity contribution in [1.82, 2.24) is 15.4 Å². The predicted molar refractivity (Wildman–Crippen MR) is 81.9 cm³/mol. The van der Waals surface area contributed by atoms with Gasteiger partial charge >= 0.3 is 0 Å². The van der Waals surface area contributed by atoms with Gasteiger partial charge in [0.25, 0.3) is 5.91 Å². The second kappa shape index (κ2) is 6.38. The lowest BCUT2D eigenvalue weighted by Crippen LogP contribution is -2.43. The van der Waals surface area contributed by atoms with Crippen LogP contribution in [0, 0.1) is 5.41 Å². The van der Waals surface area contributed by atoms with E-state index in [1.807, 2.05) is 13.8 Å². The van der Waals surface area contributed by atoms with Crippen LogP contribution in [0.15, 0.2) is 10.6 Å². The second-order valence-electron chi connectivity index (χ2n) is 6.84. The molecule has 6 nitrogen and oxygen atoms in total. The highest BCUT2D eigenvalue weighted by Gasteiger charge is 2.44. The van der Waals surface area contributed by atoms with Gasteiger partial charge in [0.15, 0.2) is 5.69 Å². The summed E-state index contributed by atoms with van der Waals surface area (Å²) in [7, 11) is 0. The first-order valence-electron chi connectivity index (χ1n) is 8.13. The van der Waals surface area contributed by atoms with E-state index in [-0.39, 0.29) is 17.2 Å². The third-order valence-electron chi connectivity index (χ3n) is 4.57. The number of carbonyl (C=O) groups excluding carboxylic acids is 1. The van der Waals surface area contributed by atoms with Crippen LogP contribution in [0.1, 0.15) is 48.9 Å². The molecule has 2 heterocycles. The van der Waals surface area contributed by atoms with E-state index >= 15 is 0 Å². The molecule has 0 bridgehead atoms. The summed E-state index contributed by atoms with van der Waals surface area (Å²) >= 11 is 0. The maximum absolute atomic E-state index is 12.2. The highest BCUT2D eigenvalue weighted by atomic mass is 16.5. The fraction of sp³-hybridized carbons (Fsp3) is 0.750. The molecule has 0 atom stereocenters. The average molecular weight is 307 g/mol. The van der Waals surface area contributed by atoms with Gasteiger partial charge in [-0.25, -0.2) is 0 Å². The highest BCUT2D eigenvalue weighted by molar-refractivity contribution is 5.92. The van der Waals surface area contributed by atoms with E-state index in [9.17, 15) is 4.79 Å². The molecule has 1 aromatic heterocycles. The van der Waals surface area contributed by atoms with Crippen molar-refractivity contribution in [2.75, 3.05) is 39.4 Å². The highest BCUT2D eigenvalue weighted by Crippen LogP contribution is 2.45. The fourth-order valence-corrected chi connectivity index (χ4v) is 2.83. The molecule has 1 aliphatic heterocycles. The van der Waals surface area contributed by atoms with Crippen LogP contribution < -0.4 is 5.32 Å². The van der Waals surface area contributed by atoms with E-state index < -0.39 is 0 Å². The zero-order valence-electron chi connectivity index (χ0n) is 13.4. The zero-order chi connectivity index (χ0) is 15.6. The van der Waals surface area contributed by atoms with Crippen LogP contribution in [0.3, 0.4) is 0 Å². The summed E-state index contributed by atoms with van der Waals surface area (Å²) in [5.41, 5.74) is 0.628. The summed E-state index contributed by atoms with van der Waals surface area (Å²) in [6, 6.07) is 1.74. The van der Waals surface area contributed by atoms with E-state index in [0.29, 0.717) is 12.2 Å². The molecular formula is C16H25N3O3. The van der Waals surface area contributed by atoms with Gasteiger partial charge < -0.3 is 14.6 Å². The Labute approximate surface area is 131 Å². The Morgan fingerprint density at radius 2 is 2.14 bits per heavy atom. The number of hydrogen-bond acceptors (Lipinski definition) is 5. The molecule has 1 aromatic rings. The average Bonchev–Trinajstić information content (AvgIpc) is 3.09. The number of aromatic nitrogens is 1. The standard InChI is InChI=1S/C16H25N3O3/c1-12(2)14-9-13(18-22-14)15(20)17-10-16(3-4-16)11-19-5-7-21-8-6-19/h9,12H,3-8,10-11H2,1-2H3,(H,17,20). The molecule has 0 aromatic carbocycles. The Kier molecular flexibility index (Phi) is 4.49. The van der Waals surface area contributed by atoms with Gasteiger partial charge in [-0.05, 0) is 12.8 Å². The van der Waals surface area contributed by atoms with E-state index in [0.717, 1.165) is 38.6 Å². The minimum absolute atomic E-state index is 0.135. The van der Waals surface area contributed by atoms with E-state index in [1.165, 1.54) is 12.8 Å². The Bertz CT molecular complexity index is 516. The lowest BCUT2D eigenvalue weighted by molar-refractivity contribution is 0.0283. The van der Waals surface area contributed by atoms with Crippen molar-refractivity contribution < 1.29 is 14.1 Å². The summed E-state index contributed by atoms with van der Waals surface area (Å²) in [6.45, 7) is 9.43. The van der Waals surface area contributed by atoms with Gasteiger partial charge in [0, 0.05) is 43.6 Å². The van der Waals surface area contributed by atoms with Crippen LogP contribution >= 0.6 is 0 Å². The lowest BCUT2D eigenvalue weighted by atomic mass is 10.1. The van der Waals surface area contributed by atoms with E-state index in [1.54, 1.807) is 6.07 Å². The Morgan fingerprint density at radius 3 is 2.73 bits per heavy atom. The minimum Gasteiger partial charge on any atom is -0.379 e. The smallest absolute Gasteiger partial charge is 0.273 e. The van der Waals surface area contributed by atoms with Gasteiger partial charge in [0.2, 0.25) is 0 Å². The summed E-state index contributed by atoms with van der Waals surface area (Å²) in [4.78, 5) is 14.6. The Balaban J connectivity index is 1.49. The van der Waals surface area contributed by atoms with Gasteiger partial charge in [-0.1, -0.05) is 19.0 Å². The maximum atomic E-state index is 12.2. The molecule has 1 amide bonds. The predicted octanol–water partition coefficient (Wildman–Crippen LogP) is 1.64. The lowest BCUT2D eigenvalue weighted by Gasteiger charge is -2.30. The number of nitrogens with one attached hydrogen (secondary N) is 1. The molecular weight excluding hydrogens is 282 g/mol. The second-order valence-corrected chi connectivity index (χ2v) is 6.84. The van der Waals surface area contributed by atoms with Crippen LogP contribution in [0.2, 0.25) is 0 Å². The number of amides is 1. The first-order chi connectivity index (χ1) is 10.6. The fourth-order valence-electron chi connectivity index (χ4n) is 2.83. The quantitative estimate of drug-likeness (QED) is 0.865. The summed E-state index contributed by atoms with van der Waals surface area (Å²) in [6.07, 6.45) is 2.36. The molecule has 6 heteroatoms. The summed E-state index contributed by atoms with van der Waals surface area (Å²) in [5.74, 6) is 0.855. The largest absolute Gasteiger partial charge is 0.379 e. The van der Waals surface area contributed by atoms with Gasteiger partial charge in [0.1, 0.15) is 5.76 Å². The zero-order valence-corrected chi connectivity index (χ0v) is 13.4.